The maximum Gasteiger partial charge on any atom is 0.246 e. The summed E-state index contributed by atoms with van der Waals surface area (Å²) in [6.07, 6.45) is 0. The summed E-state index contributed by atoms with van der Waals surface area (Å²) in [5, 5.41) is 6.01. The molecule has 0 atom stereocenters. The molecule has 0 aliphatic carbocycles. The van der Waals surface area contributed by atoms with Gasteiger partial charge in [-0.1, -0.05) is 35.9 Å². The van der Waals surface area contributed by atoms with E-state index in [1.54, 1.807) is 7.11 Å². The Bertz CT molecular complexity index is 1300. The zero-order valence-electron chi connectivity index (χ0n) is 19.8. The van der Waals surface area contributed by atoms with Crippen LogP contribution in [0.15, 0.2) is 72.8 Å². The molecule has 6 nitrogen and oxygen atoms in total. The molecule has 0 unspecified atom stereocenters. The summed E-state index contributed by atoms with van der Waals surface area (Å²) in [5.41, 5.74) is 7.74. The lowest BCUT2D eigenvalue weighted by Gasteiger charge is -2.12. The van der Waals surface area contributed by atoms with Gasteiger partial charge >= 0.3 is 0 Å². The standard InChI is InChI=1S/C28H28N4O2/c1-18-5-8-21(9-6-18)25-16-26(22-10-13-24(34-4)14-11-22)31-28(30-25)32-27(33)17-29-23-12-7-19(2)20(3)15-23/h5-16,29H,17H2,1-4H3,(H,30,31,32,33). The first-order chi connectivity index (χ1) is 16.4. The molecule has 2 N–H and O–H groups in total. The third kappa shape index (κ3) is 5.59. The number of carbonyl (C=O) groups excluding carboxylic acids is 1. The minimum atomic E-state index is -0.222. The number of amides is 1. The van der Waals surface area contributed by atoms with E-state index < -0.39 is 0 Å². The van der Waals surface area contributed by atoms with Crippen molar-refractivity contribution in [2.24, 2.45) is 0 Å². The molecule has 0 saturated carbocycles. The SMILES string of the molecule is COc1ccc(-c2cc(-c3ccc(C)cc3)nc(NC(=O)CNc3ccc(C)c(C)c3)n2)cc1. The molecule has 0 aliphatic rings. The van der Waals surface area contributed by atoms with Crippen LogP contribution in [0, 0.1) is 20.8 Å². The first kappa shape index (κ1) is 23.0. The van der Waals surface area contributed by atoms with Crippen LogP contribution >= 0.6 is 0 Å². The predicted molar refractivity (Wildman–Crippen MR) is 137 cm³/mol. The van der Waals surface area contributed by atoms with Crippen molar-refractivity contribution in [3.05, 3.63) is 89.5 Å². The second kappa shape index (κ2) is 10.2. The summed E-state index contributed by atoms with van der Waals surface area (Å²) in [7, 11) is 1.63. The highest BCUT2D eigenvalue weighted by Gasteiger charge is 2.12. The molecule has 0 spiro atoms. The number of rotatable bonds is 7. The van der Waals surface area contributed by atoms with Crippen molar-refractivity contribution in [3.8, 4) is 28.3 Å². The topological polar surface area (TPSA) is 76.1 Å². The molecule has 0 fully saturated rings. The number of carbonyl (C=O) groups is 1. The third-order valence-corrected chi connectivity index (χ3v) is 5.67. The van der Waals surface area contributed by atoms with E-state index in [9.17, 15) is 4.79 Å². The molecule has 4 rings (SSSR count). The lowest BCUT2D eigenvalue weighted by Crippen LogP contribution is -2.23. The first-order valence-electron chi connectivity index (χ1n) is 11.1. The number of hydrogen-bond donors (Lipinski definition) is 2. The number of nitrogens with zero attached hydrogens (tertiary/aromatic N) is 2. The molecule has 0 radical (unpaired) electrons. The van der Waals surface area contributed by atoms with Crippen LogP contribution in [0.5, 0.6) is 5.75 Å². The molecule has 6 heteroatoms. The Hall–Kier alpha value is -4.19. The quantitative estimate of drug-likeness (QED) is 0.371. The molecule has 0 saturated heterocycles. The van der Waals surface area contributed by atoms with Gasteiger partial charge in [0.05, 0.1) is 25.0 Å². The summed E-state index contributed by atoms with van der Waals surface area (Å²) in [5.74, 6) is 0.804. The van der Waals surface area contributed by atoms with Gasteiger partial charge in [-0.15, -0.1) is 0 Å². The Balaban J connectivity index is 1.59. The van der Waals surface area contributed by atoms with Crippen LogP contribution in [0.3, 0.4) is 0 Å². The zero-order valence-corrected chi connectivity index (χ0v) is 19.8. The second-order valence-corrected chi connectivity index (χ2v) is 8.26. The highest BCUT2D eigenvalue weighted by Crippen LogP contribution is 2.27. The van der Waals surface area contributed by atoms with Crippen molar-refractivity contribution in [2.75, 3.05) is 24.3 Å². The molecule has 172 valence electrons. The highest BCUT2D eigenvalue weighted by molar-refractivity contribution is 5.92. The molecule has 3 aromatic carbocycles. The van der Waals surface area contributed by atoms with Gasteiger partial charge in [-0.05, 0) is 74.4 Å². The molecule has 0 aliphatic heterocycles. The van der Waals surface area contributed by atoms with Crippen molar-refractivity contribution in [3.63, 3.8) is 0 Å². The van der Waals surface area contributed by atoms with Crippen molar-refractivity contribution in [1.82, 2.24) is 9.97 Å². The average Bonchev–Trinajstić information content (AvgIpc) is 2.85. The van der Waals surface area contributed by atoms with Crippen LogP contribution < -0.4 is 15.4 Å². The van der Waals surface area contributed by atoms with Gasteiger partial charge in [-0.25, -0.2) is 9.97 Å². The highest BCUT2D eigenvalue weighted by atomic mass is 16.5. The van der Waals surface area contributed by atoms with Gasteiger partial charge in [0.2, 0.25) is 11.9 Å². The Morgan fingerprint density at radius 1 is 0.794 bits per heavy atom. The van der Waals surface area contributed by atoms with Gasteiger partial charge in [-0.2, -0.15) is 0 Å². The van der Waals surface area contributed by atoms with E-state index in [0.717, 1.165) is 28.3 Å². The fourth-order valence-corrected chi connectivity index (χ4v) is 3.49. The molecule has 1 amide bonds. The number of hydrogen-bond acceptors (Lipinski definition) is 5. The number of anilines is 2. The minimum absolute atomic E-state index is 0.110. The monoisotopic (exact) mass is 452 g/mol. The van der Waals surface area contributed by atoms with Crippen molar-refractivity contribution in [1.29, 1.82) is 0 Å². The maximum atomic E-state index is 12.7. The van der Waals surface area contributed by atoms with E-state index in [4.69, 9.17) is 4.74 Å². The van der Waals surface area contributed by atoms with Crippen molar-refractivity contribution < 1.29 is 9.53 Å². The number of aryl methyl sites for hydroxylation is 3. The van der Waals surface area contributed by atoms with Crippen LogP contribution in [0.2, 0.25) is 0 Å². The molecule has 4 aromatic rings. The van der Waals surface area contributed by atoms with E-state index in [0.29, 0.717) is 5.69 Å². The fourth-order valence-electron chi connectivity index (χ4n) is 3.49. The normalized spacial score (nSPS) is 10.6. The number of ether oxygens (including phenoxy) is 1. The Kier molecular flexibility index (Phi) is 6.87. The van der Waals surface area contributed by atoms with Crippen molar-refractivity contribution >= 4 is 17.5 Å². The fraction of sp³-hybridized carbons (Fsp3) is 0.179. The molecule has 1 aromatic heterocycles. The summed E-state index contributed by atoms with van der Waals surface area (Å²) < 4.78 is 5.27. The van der Waals surface area contributed by atoms with Crippen molar-refractivity contribution in [2.45, 2.75) is 20.8 Å². The molecule has 34 heavy (non-hydrogen) atoms. The van der Waals surface area contributed by atoms with Crippen LogP contribution in [-0.4, -0.2) is 29.5 Å². The van der Waals surface area contributed by atoms with Gasteiger partial charge in [0, 0.05) is 16.8 Å². The summed E-state index contributed by atoms with van der Waals surface area (Å²) in [6, 6.07) is 23.7. The van der Waals surface area contributed by atoms with Gasteiger partial charge in [0.1, 0.15) is 5.75 Å². The molecular formula is C28H28N4O2. The van der Waals surface area contributed by atoms with E-state index >= 15 is 0 Å². The molecule has 0 bridgehead atoms. The summed E-state index contributed by atoms with van der Waals surface area (Å²) in [4.78, 5) is 21.9. The van der Waals surface area contributed by atoms with Crippen LogP contribution in [-0.2, 0) is 4.79 Å². The Morgan fingerprint density at radius 3 is 2.00 bits per heavy atom. The molecular weight excluding hydrogens is 424 g/mol. The lowest BCUT2D eigenvalue weighted by atomic mass is 10.1. The number of nitrogens with one attached hydrogen (secondary N) is 2. The van der Waals surface area contributed by atoms with E-state index in [-0.39, 0.29) is 18.4 Å². The van der Waals surface area contributed by atoms with Crippen LogP contribution in [0.4, 0.5) is 11.6 Å². The smallest absolute Gasteiger partial charge is 0.246 e. The maximum absolute atomic E-state index is 12.7. The zero-order chi connectivity index (χ0) is 24.1. The predicted octanol–water partition coefficient (Wildman–Crippen LogP) is 5.80. The molecule has 1 heterocycles. The van der Waals surface area contributed by atoms with Crippen LogP contribution in [0.1, 0.15) is 16.7 Å². The average molecular weight is 453 g/mol. The number of methoxy groups -OCH3 is 1. The lowest BCUT2D eigenvalue weighted by molar-refractivity contribution is -0.114. The number of benzene rings is 3. The largest absolute Gasteiger partial charge is 0.497 e. The van der Waals surface area contributed by atoms with Gasteiger partial charge in [0.15, 0.2) is 0 Å². The van der Waals surface area contributed by atoms with E-state index in [1.807, 2.05) is 86.6 Å². The third-order valence-electron chi connectivity index (χ3n) is 5.67. The van der Waals surface area contributed by atoms with Gasteiger partial charge in [-0.3, -0.25) is 10.1 Å². The minimum Gasteiger partial charge on any atom is -0.497 e. The van der Waals surface area contributed by atoms with Crippen LogP contribution in [0.25, 0.3) is 22.5 Å². The summed E-state index contributed by atoms with van der Waals surface area (Å²) >= 11 is 0. The Morgan fingerprint density at radius 2 is 1.41 bits per heavy atom. The van der Waals surface area contributed by atoms with Gasteiger partial charge < -0.3 is 10.1 Å². The second-order valence-electron chi connectivity index (χ2n) is 8.26. The first-order valence-corrected chi connectivity index (χ1v) is 11.1. The van der Waals surface area contributed by atoms with E-state index in [1.165, 1.54) is 16.7 Å². The number of aromatic nitrogens is 2. The van der Waals surface area contributed by atoms with Gasteiger partial charge in [0.25, 0.3) is 0 Å². The Labute approximate surface area is 200 Å². The van der Waals surface area contributed by atoms with E-state index in [2.05, 4.69) is 27.5 Å². The summed E-state index contributed by atoms with van der Waals surface area (Å²) in [6.45, 7) is 6.26.